The zero-order valence-electron chi connectivity index (χ0n) is 10.5. The highest BCUT2D eigenvalue weighted by atomic mass is 32.1. The Hall–Kier alpha value is -0.450. The Balaban J connectivity index is 1.60. The van der Waals surface area contributed by atoms with E-state index in [-0.39, 0.29) is 0 Å². The van der Waals surface area contributed by atoms with E-state index >= 15 is 0 Å². The van der Waals surface area contributed by atoms with E-state index in [1.165, 1.54) is 35.4 Å². The van der Waals surface area contributed by atoms with E-state index in [2.05, 4.69) is 12.1 Å². The summed E-state index contributed by atoms with van der Waals surface area (Å²) in [5.74, 6) is 0.766. The van der Waals surface area contributed by atoms with Crippen molar-refractivity contribution in [1.29, 1.82) is 0 Å². The molecule has 3 rings (SSSR count). The molecule has 1 aromatic heterocycles. The van der Waals surface area contributed by atoms with Crippen LogP contribution in [0.15, 0.2) is 12.1 Å². The largest absolute Gasteiger partial charge is 0.389 e. The molecule has 100 valence electrons. The Kier molecular flexibility index (Phi) is 3.68. The average Bonchev–Trinajstić information content (AvgIpc) is 3.02. The summed E-state index contributed by atoms with van der Waals surface area (Å²) in [6.07, 6.45) is 3.52. The minimum Gasteiger partial charge on any atom is -0.389 e. The summed E-state index contributed by atoms with van der Waals surface area (Å²) >= 11 is 1.87. The number of rotatable bonds is 3. The number of halogens is 1. The van der Waals surface area contributed by atoms with Gasteiger partial charge in [-0.3, -0.25) is 4.90 Å². The molecule has 2 heterocycles. The fraction of sp³-hybridized carbons (Fsp3) is 0.714. The first-order valence-corrected chi connectivity index (χ1v) is 7.67. The number of alkyl halides is 1. The molecule has 2 atom stereocenters. The molecular formula is C14H20FNOS. The van der Waals surface area contributed by atoms with Gasteiger partial charge in [-0.1, -0.05) is 12.8 Å². The van der Waals surface area contributed by atoms with Crippen LogP contribution in [-0.4, -0.2) is 35.4 Å². The van der Waals surface area contributed by atoms with Gasteiger partial charge in [-0.2, -0.15) is 0 Å². The van der Waals surface area contributed by atoms with Crippen LogP contribution < -0.4 is 0 Å². The van der Waals surface area contributed by atoms with Gasteiger partial charge >= 0.3 is 0 Å². The molecule has 4 heteroatoms. The van der Waals surface area contributed by atoms with E-state index in [9.17, 15) is 9.50 Å². The van der Waals surface area contributed by atoms with E-state index in [4.69, 9.17) is 0 Å². The summed E-state index contributed by atoms with van der Waals surface area (Å²) in [5.41, 5.74) is 0. The highest BCUT2D eigenvalue weighted by Gasteiger charge is 2.31. The van der Waals surface area contributed by atoms with Crippen LogP contribution in [0.4, 0.5) is 4.39 Å². The van der Waals surface area contributed by atoms with Crippen LogP contribution >= 0.6 is 11.3 Å². The minimum absolute atomic E-state index is 0.373. The van der Waals surface area contributed by atoms with Crippen molar-refractivity contribution >= 4 is 11.3 Å². The smallest absolute Gasteiger partial charge is 0.140 e. The van der Waals surface area contributed by atoms with Gasteiger partial charge in [0.05, 0.1) is 6.10 Å². The molecule has 2 aliphatic rings. The molecule has 1 N–H and O–H groups in total. The lowest BCUT2D eigenvalue weighted by Crippen LogP contribution is -2.20. The van der Waals surface area contributed by atoms with Gasteiger partial charge in [0, 0.05) is 29.4 Å². The molecule has 1 aliphatic heterocycles. The fourth-order valence-electron chi connectivity index (χ4n) is 3.08. The summed E-state index contributed by atoms with van der Waals surface area (Å²) in [6.45, 7) is 1.63. The molecule has 1 aliphatic carbocycles. The van der Waals surface area contributed by atoms with Crippen molar-refractivity contribution in [3.63, 3.8) is 0 Å². The molecule has 0 bridgehead atoms. The molecule has 1 saturated carbocycles. The SMILES string of the molecule is O[C@@H]1CN(Cc2ccc(C3CCCC3)s2)C[C@H]1F. The maximum Gasteiger partial charge on any atom is 0.140 e. The summed E-state index contributed by atoms with van der Waals surface area (Å²) in [5, 5.41) is 9.41. The van der Waals surface area contributed by atoms with Crippen molar-refractivity contribution in [2.24, 2.45) is 0 Å². The van der Waals surface area contributed by atoms with Crippen molar-refractivity contribution in [3.8, 4) is 0 Å². The van der Waals surface area contributed by atoms with Crippen molar-refractivity contribution in [2.75, 3.05) is 13.1 Å². The number of nitrogens with zero attached hydrogens (tertiary/aromatic N) is 1. The number of thiophene rings is 1. The molecule has 0 aromatic carbocycles. The lowest BCUT2D eigenvalue weighted by atomic mass is 10.1. The Morgan fingerprint density at radius 1 is 1.28 bits per heavy atom. The second-order valence-corrected chi connectivity index (χ2v) is 6.76. The Bertz CT molecular complexity index is 392. The van der Waals surface area contributed by atoms with Crippen molar-refractivity contribution in [3.05, 3.63) is 21.9 Å². The number of aliphatic hydroxyl groups is 1. The van der Waals surface area contributed by atoms with Crippen molar-refractivity contribution < 1.29 is 9.50 Å². The molecule has 0 amide bonds. The highest BCUT2D eigenvalue weighted by Crippen LogP contribution is 2.37. The van der Waals surface area contributed by atoms with Crippen LogP contribution in [0.1, 0.15) is 41.4 Å². The number of hydrogen-bond acceptors (Lipinski definition) is 3. The maximum absolute atomic E-state index is 13.2. The third kappa shape index (κ3) is 2.60. The van der Waals surface area contributed by atoms with Gasteiger partial charge in [0.15, 0.2) is 0 Å². The first kappa shape index (κ1) is 12.6. The second-order valence-electron chi connectivity index (χ2n) is 5.56. The molecule has 18 heavy (non-hydrogen) atoms. The zero-order valence-corrected chi connectivity index (χ0v) is 11.3. The number of aliphatic hydroxyl groups excluding tert-OH is 1. The van der Waals surface area contributed by atoms with E-state index in [1.54, 1.807) is 0 Å². The zero-order chi connectivity index (χ0) is 12.5. The Morgan fingerprint density at radius 2 is 2.06 bits per heavy atom. The summed E-state index contributed by atoms with van der Waals surface area (Å²) in [4.78, 5) is 4.82. The second kappa shape index (κ2) is 5.27. The monoisotopic (exact) mass is 269 g/mol. The number of β-amino-alcohol motifs (C(OH)–C–C–N with tert-alkyl or cyclic N) is 1. The van der Waals surface area contributed by atoms with Gasteiger partial charge in [-0.25, -0.2) is 4.39 Å². The highest BCUT2D eigenvalue weighted by molar-refractivity contribution is 7.12. The Morgan fingerprint density at radius 3 is 2.72 bits per heavy atom. The fourth-order valence-corrected chi connectivity index (χ4v) is 4.30. The van der Waals surface area contributed by atoms with E-state index < -0.39 is 12.3 Å². The Labute approximate surface area is 111 Å². The average molecular weight is 269 g/mol. The van der Waals surface area contributed by atoms with Gasteiger partial charge in [0.2, 0.25) is 0 Å². The summed E-state index contributed by atoms with van der Waals surface area (Å²) in [7, 11) is 0. The van der Waals surface area contributed by atoms with Crippen LogP contribution in [0.2, 0.25) is 0 Å². The summed E-state index contributed by atoms with van der Waals surface area (Å²) < 4.78 is 13.2. The van der Waals surface area contributed by atoms with Crippen LogP contribution in [0.3, 0.4) is 0 Å². The quantitative estimate of drug-likeness (QED) is 0.912. The molecule has 1 aromatic rings. The van der Waals surface area contributed by atoms with E-state index in [0.29, 0.717) is 13.1 Å². The van der Waals surface area contributed by atoms with Crippen LogP contribution in [0.25, 0.3) is 0 Å². The topological polar surface area (TPSA) is 23.5 Å². The lowest BCUT2D eigenvalue weighted by molar-refractivity contribution is 0.115. The van der Waals surface area contributed by atoms with Crippen LogP contribution in [0.5, 0.6) is 0 Å². The molecule has 2 fully saturated rings. The summed E-state index contributed by atoms with van der Waals surface area (Å²) in [6, 6.07) is 4.42. The molecule has 0 unspecified atom stereocenters. The molecule has 0 spiro atoms. The normalized spacial score (nSPS) is 30.3. The van der Waals surface area contributed by atoms with Gasteiger partial charge in [-0.15, -0.1) is 11.3 Å². The number of hydrogen-bond donors (Lipinski definition) is 1. The molecule has 0 radical (unpaired) electrons. The third-order valence-corrected chi connectivity index (χ3v) is 5.35. The maximum atomic E-state index is 13.2. The van der Waals surface area contributed by atoms with Gasteiger partial charge in [0.25, 0.3) is 0 Å². The predicted molar refractivity (Wildman–Crippen MR) is 71.7 cm³/mol. The molecule has 1 saturated heterocycles. The standard InChI is InChI=1S/C14H20FNOS/c15-12-8-16(9-13(12)17)7-11-5-6-14(18-11)10-3-1-2-4-10/h5-6,10,12-13,17H,1-4,7-9H2/t12-,13-/m1/s1. The third-order valence-electron chi connectivity index (χ3n) is 4.11. The van der Waals surface area contributed by atoms with Crippen molar-refractivity contribution in [1.82, 2.24) is 4.90 Å². The minimum atomic E-state index is -1.07. The van der Waals surface area contributed by atoms with Crippen LogP contribution in [0, 0.1) is 0 Å². The lowest BCUT2D eigenvalue weighted by Gasteiger charge is -2.12. The van der Waals surface area contributed by atoms with Gasteiger partial charge in [0.1, 0.15) is 6.17 Å². The predicted octanol–water partition coefficient (Wildman–Crippen LogP) is 2.92. The van der Waals surface area contributed by atoms with Crippen molar-refractivity contribution in [2.45, 2.75) is 50.4 Å². The van der Waals surface area contributed by atoms with Crippen LogP contribution in [-0.2, 0) is 6.54 Å². The number of likely N-dealkylation sites (tertiary alicyclic amines) is 1. The van der Waals surface area contributed by atoms with E-state index in [0.717, 1.165) is 12.5 Å². The molecular weight excluding hydrogens is 249 g/mol. The first-order valence-electron chi connectivity index (χ1n) is 6.85. The first-order chi connectivity index (χ1) is 8.72. The van der Waals surface area contributed by atoms with Gasteiger partial charge in [-0.05, 0) is 30.9 Å². The van der Waals surface area contributed by atoms with Gasteiger partial charge < -0.3 is 5.11 Å². The van der Waals surface area contributed by atoms with E-state index in [1.807, 2.05) is 16.2 Å². The molecule has 2 nitrogen and oxygen atoms in total.